The Hall–Kier alpha value is -3.07. The van der Waals surface area contributed by atoms with E-state index in [0.29, 0.717) is 12.4 Å². The van der Waals surface area contributed by atoms with Gasteiger partial charge >= 0.3 is 0 Å². The van der Waals surface area contributed by atoms with E-state index < -0.39 is 0 Å². The number of aryl methyl sites for hydroxylation is 2. The molecule has 1 unspecified atom stereocenters. The monoisotopic (exact) mass is 394 g/mol. The Bertz CT molecular complexity index is 1020. The number of amides is 1. The van der Waals surface area contributed by atoms with Crippen LogP contribution >= 0.6 is 0 Å². The molecule has 152 valence electrons. The maximum atomic E-state index is 11.5. The molecule has 1 saturated heterocycles. The number of carbonyl (C=O) groups is 1. The first kappa shape index (κ1) is 19.3. The molecule has 0 radical (unpaired) electrons. The fourth-order valence-corrected chi connectivity index (χ4v) is 3.92. The number of nitrogens with one attached hydrogen (secondary N) is 1. The zero-order valence-electron chi connectivity index (χ0n) is 16.8. The van der Waals surface area contributed by atoms with Crippen LogP contribution in [-0.4, -0.2) is 61.7 Å². The van der Waals surface area contributed by atoms with Crippen LogP contribution in [0.5, 0.6) is 0 Å². The number of primary amides is 1. The number of hydrogen-bond donors (Lipinski definition) is 2. The fraction of sp³-hybridized carbons (Fsp3) is 0.450. The van der Waals surface area contributed by atoms with E-state index in [9.17, 15) is 4.79 Å². The summed E-state index contributed by atoms with van der Waals surface area (Å²) in [4.78, 5) is 27.3. The Kier molecular flexibility index (Phi) is 5.39. The Balaban J connectivity index is 1.55. The summed E-state index contributed by atoms with van der Waals surface area (Å²) in [5.41, 5.74) is 8.07. The van der Waals surface area contributed by atoms with Crippen LogP contribution in [0.15, 0.2) is 24.5 Å². The summed E-state index contributed by atoms with van der Waals surface area (Å²) < 4.78 is 1.78. The van der Waals surface area contributed by atoms with Gasteiger partial charge < -0.3 is 16.0 Å². The number of likely N-dealkylation sites (tertiary alicyclic amines) is 1. The van der Waals surface area contributed by atoms with Gasteiger partial charge in [-0.05, 0) is 38.4 Å². The summed E-state index contributed by atoms with van der Waals surface area (Å²) in [7, 11) is 1.89. The summed E-state index contributed by atoms with van der Waals surface area (Å²) in [6, 6.07) is 3.79. The van der Waals surface area contributed by atoms with E-state index in [1.807, 2.05) is 26.1 Å². The van der Waals surface area contributed by atoms with Gasteiger partial charge in [0.2, 0.25) is 5.91 Å². The lowest BCUT2D eigenvalue weighted by atomic mass is 9.97. The molecule has 9 heteroatoms. The maximum Gasteiger partial charge on any atom is 0.221 e. The molecular formula is C20H26N8O. The van der Waals surface area contributed by atoms with E-state index in [2.05, 4.69) is 20.3 Å². The van der Waals surface area contributed by atoms with Gasteiger partial charge in [0, 0.05) is 44.6 Å². The minimum Gasteiger partial charge on any atom is -0.369 e. The summed E-state index contributed by atoms with van der Waals surface area (Å²) in [6.07, 6.45) is 5.35. The second-order valence-corrected chi connectivity index (χ2v) is 7.51. The van der Waals surface area contributed by atoms with Crippen LogP contribution in [0.25, 0.3) is 22.4 Å². The highest BCUT2D eigenvalue weighted by atomic mass is 16.1. The quantitative estimate of drug-likeness (QED) is 0.648. The van der Waals surface area contributed by atoms with Gasteiger partial charge in [-0.2, -0.15) is 5.10 Å². The van der Waals surface area contributed by atoms with Gasteiger partial charge in [-0.15, -0.1) is 0 Å². The Morgan fingerprint density at radius 2 is 2.10 bits per heavy atom. The van der Waals surface area contributed by atoms with Crippen molar-refractivity contribution in [1.29, 1.82) is 0 Å². The van der Waals surface area contributed by atoms with Crippen molar-refractivity contribution in [3.8, 4) is 11.4 Å². The molecule has 0 bridgehead atoms. The lowest BCUT2D eigenvalue weighted by molar-refractivity contribution is -0.123. The van der Waals surface area contributed by atoms with Gasteiger partial charge in [-0.3, -0.25) is 14.5 Å². The van der Waals surface area contributed by atoms with Crippen LogP contribution in [0, 0.1) is 12.8 Å². The molecule has 1 amide bonds. The average molecular weight is 394 g/mol. The smallest absolute Gasteiger partial charge is 0.221 e. The second kappa shape index (κ2) is 8.12. The molecule has 1 aliphatic rings. The number of nitrogens with zero attached hydrogens (tertiary/aromatic N) is 6. The number of fused-ring (bicyclic) bond motifs is 1. The van der Waals surface area contributed by atoms with Crippen LogP contribution in [0.3, 0.4) is 0 Å². The largest absolute Gasteiger partial charge is 0.369 e. The third kappa shape index (κ3) is 4.04. The van der Waals surface area contributed by atoms with Crippen LogP contribution in [0.1, 0.15) is 18.5 Å². The van der Waals surface area contributed by atoms with Gasteiger partial charge in [-0.1, -0.05) is 0 Å². The zero-order valence-corrected chi connectivity index (χ0v) is 16.8. The molecule has 3 aromatic heterocycles. The summed E-state index contributed by atoms with van der Waals surface area (Å²) in [5.74, 6) is 1.16. The van der Waals surface area contributed by atoms with Crippen molar-refractivity contribution in [2.24, 2.45) is 18.7 Å². The number of carbonyl (C=O) groups excluding carboxylic acids is 1. The molecule has 0 aromatic carbocycles. The first-order valence-corrected chi connectivity index (χ1v) is 9.90. The topological polar surface area (TPSA) is 115 Å². The van der Waals surface area contributed by atoms with Crippen molar-refractivity contribution in [2.45, 2.75) is 19.8 Å². The van der Waals surface area contributed by atoms with E-state index in [1.54, 1.807) is 17.1 Å². The lowest BCUT2D eigenvalue weighted by Crippen LogP contribution is -2.42. The van der Waals surface area contributed by atoms with E-state index in [1.165, 1.54) is 0 Å². The molecule has 3 aromatic rings. The van der Waals surface area contributed by atoms with E-state index in [4.69, 9.17) is 15.7 Å². The van der Waals surface area contributed by atoms with Crippen molar-refractivity contribution in [3.05, 3.63) is 30.2 Å². The lowest BCUT2D eigenvalue weighted by Gasteiger charge is -2.31. The number of rotatable bonds is 6. The van der Waals surface area contributed by atoms with Gasteiger partial charge in [0.05, 0.1) is 17.0 Å². The minimum absolute atomic E-state index is 0.0478. The predicted molar refractivity (Wildman–Crippen MR) is 111 cm³/mol. The van der Waals surface area contributed by atoms with Crippen LogP contribution < -0.4 is 11.1 Å². The molecule has 1 fully saturated rings. The molecule has 9 nitrogen and oxygen atoms in total. The molecule has 4 rings (SSSR count). The second-order valence-electron chi connectivity index (χ2n) is 7.51. The summed E-state index contributed by atoms with van der Waals surface area (Å²) in [5, 5.41) is 8.91. The highest BCUT2D eigenvalue weighted by Crippen LogP contribution is 2.27. The van der Waals surface area contributed by atoms with Crippen molar-refractivity contribution in [3.63, 3.8) is 0 Å². The highest BCUT2D eigenvalue weighted by Gasteiger charge is 2.23. The normalized spacial score (nSPS) is 17.5. The number of anilines is 1. The molecule has 4 heterocycles. The zero-order chi connectivity index (χ0) is 20.4. The number of nitrogens with two attached hydrogens (primary N) is 1. The molecular weight excluding hydrogens is 368 g/mol. The van der Waals surface area contributed by atoms with E-state index >= 15 is 0 Å². The fourth-order valence-electron chi connectivity index (χ4n) is 3.92. The molecule has 0 spiro atoms. The van der Waals surface area contributed by atoms with Crippen LogP contribution in [0.2, 0.25) is 0 Å². The van der Waals surface area contributed by atoms with Gasteiger partial charge in [0.1, 0.15) is 5.82 Å². The Morgan fingerprint density at radius 3 is 2.86 bits per heavy atom. The average Bonchev–Trinajstić information content (AvgIpc) is 3.02. The van der Waals surface area contributed by atoms with E-state index in [0.717, 1.165) is 60.6 Å². The first-order valence-electron chi connectivity index (χ1n) is 9.90. The number of hydrogen-bond acceptors (Lipinski definition) is 7. The van der Waals surface area contributed by atoms with Crippen LogP contribution in [0.4, 0.5) is 5.82 Å². The SMILES string of the molecule is Cc1nn(C)c2nc(-c3ccncc3)nc(NCCN3CCCC(C(N)=O)C3)c12. The number of aromatic nitrogens is 5. The van der Waals surface area contributed by atoms with Crippen LogP contribution in [-0.2, 0) is 11.8 Å². The molecule has 3 N–H and O–H groups in total. The molecule has 1 atom stereocenters. The van der Waals surface area contributed by atoms with Crippen molar-refractivity contribution >= 4 is 22.8 Å². The van der Waals surface area contributed by atoms with Gasteiger partial charge in [0.25, 0.3) is 0 Å². The van der Waals surface area contributed by atoms with Crippen molar-refractivity contribution in [1.82, 2.24) is 29.6 Å². The van der Waals surface area contributed by atoms with Crippen molar-refractivity contribution in [2.75, 3.05) is 31.5 Å². The summed E-state index contributed by atoms with van der Waals surface area (Å²) >= 11 is 0. The number of pyridine rings is 1. The Labute approximate surface area is 169 Å². The Morgan fingerprint density at radius 1 is 1.31 bits per heavy atom. The minimum atomic E-state index is -0.201. The number of piperidine rings is 1. The first-order chi connectivity index (χ1) is 14.0. The van der Waals surface area contributed by atoms with Gasteiger partial charge in [0.15, 0.2) is 11.5 Å². The molecule has 0 aliphatic carbocycles. The van der Waals surface area contributed by atoms with Crippen molar-refractivity contribution < 1.29 is 4.79 Å². The molecule has 1 aliphatic heterocycles. The van der Waals surface area contributed by atoms with Gasteiger partial charge in [-0.25, -0.2) is 9.97 Å². The highest BCUT2D eigenvalue weighted by molar-refractivity contribution is 5.90. The molecule has 29 heavy (non-hydrogen) atoms. The summed E-state index contributed by atoms with van der Waals surface area (Å²) in [6.45, 7) is 5.20. The maximum absolute atomic E-state index is 11.5. The molecule has 0 saturated carbocycles. The standard InChI is InChI=1S/C20H26N8O/c1-13-16-19(23-9-11-28-10-3-4-15(12-28)17(21)29)24-18(14-5-7-22-8-6-14)25-20(16)27(2)26-13/h5-8,15H,3-4,9-12H2,1-2H3,(H2,21,29)(H,23,24,25). The predicted octanol–water partition coefficient (Wildman–Crippen LogP) is 1.34. The van der Waals surface area contributed by atoms with E-state index in [-0.39, 0.29) is 11.8 Å². The third-order valence-electron chi connectivity index (χ3n) is 5.43. The third-order valence-corrected chi connectivity index (χ3v) is 5.43.